The largest absolute Gasteiger partial charge is 0.497 e. The van der Waals surface area contributed by atoms with Crippen molar-refractivity contribution in [3.63, 3.8) is 0 Å². The van der Waals surface area contributed by atoms with E-state index in [2.05, 4.69) is 10.3 Å². The first-order valence-electron chi connectivity index (χ1n) is 7.48. The molecule has 2 aromatic rings. The molecular weight excluding hydrogens is 280 g/mol. The molecule has 0 fully saturated rings. The van der Waals surface area contributed by atoms with Gasteiger partial charge in [-0.05, 0) is 51.0 Å². The van der Waals surface area contributed by atoms with Gasteiger partial charge in [-0.2, -0.15) is 0 Å². The zero-order chi connectivity index (χ0) is 16.3. The summed E-state index contributed by atoms with van der Waals surface area (Å²) in [6, 6.07) is 5.74. The number of methoxy groups -OCH3 is 1. The summed E-state index contributed by atoms with van der Waals surface area (Å²) in [5.41, 5.74) is 1.54. The van der Waals surface area contributed by atoms with E-state index in [1.54, 1.807) is 7.11 Å². The van der Waals surface area contributed by atoms with Crippen molar-refractivity contribution < 1.29 is 14.3 Å². The summed E-state index contributed by atoms with van der Waals surface area (Å²) in [7, 11) is 1.64. The summed E-state index contributed by atoms with van der Waals surface area (Å²) in [4.78, 5) is 15.2. The summed E-state index contributed by atoms with van der Waals surface area (Å²) in [5, 5.41) is 3.98. The predicted octanol–water partition coefficient (Wildman–Crippen LogP) is 4.15. The average molecular weight is 304 g/mol. The number of carbonyl (C=O) groups is 1. The van der Waals surface area contributed by atoms with Crippen LogP contribution in [0, 0.1) is 0 Å². The fourth-order valence-corrected chi connectivity index (χ4v) is 2.39. The normalized spacial score (nSPS) is 13.0. The van der Waals surface area contributed by atoms with Crippen LogP contribution in [0.5, 0.6) is 5.75 Å². The van der Waals surface area contributed by atoms with E-state index in [1.165, 1.54) is 0 Å². The van der Waals surface area contributed by atoms with E-state index in [1.807, 2.05) is 52.1 Å². The molecule has 5 heteroatoms. The lowest BCUT2D eigenvalue weighted by atomic mass is 10.0. The fraction of sp³-hybridized carbons (Fsp3) is 0.471. The van der Waals surface area contributed by atoms with E-state index in [9.17, 15) is 4.79 Å². The van der Waals surface area contributed by atoms with Crippen LogP contribution in [0.25, 0.3) is 10.9 Å². The first-order chi connectivity index (χ1) is 10.3. The van der Waals surface area contributed by atoms with Gasteiger partial charge in [0.05, 0.1) is 13.2 Å². The van der Waals surface area contributed by atoms with Crippen LogP contribution >= 0.6 is 0 Å². The Hall–Kier alpha value is -2.17. The lowest BCUT2D eigenvalue weighted by Gasteiger charge is -2.23. The standard InChI is InChI=1S/C17H24N2O3/c1-6-14(19-16(20)22-17(2,3)4)13-10-18-15-8-7-11(21-5)9-12(13)15/h7-10,14,18H,6H2,1-5H3,(H,19,20)/t14-/m0/s1. The minimum atomic E-state index is -0.508. The van der Waals surface area contributed by atoms with E-state index in [-0.39, 0.29) is 6.04 Å². The second kappa shape index (κ2) is 6.30. The number of nitrogens with one attached hydrogen (secondary N) is 2. The second-order valence-corrected chi connectivity index (χ2v) is 6.26. The Morgan fingerprint density at radius 3 is 2.68 bits per heavy atom. The molecule has 22 heavy (non-hydrogen) atoms. The minimum Gasteiger partial charge on any atom is -0.497 e. The second-order valence-electron chi connectivity index (χ2n) is 6.26. The molecule has 0 saturated carbocycles. The van der Waals surface area contributed by atoms with E-state index in [0.29, 0.717) is 0 Å². The molecule has 0 aliphatic rings. The number of rotatable bonds is 4. The van der Waals surface area contributed by atoms with Crippen LogP contribution in [0.15, 0.2) is 24.4 Å². The summed E-state index contributed by atoms with van der Waals surface area (Å²) in [5.74, 6) is 0.792. The Labute approximate surface area is 131 Å². The molecule has 0 spiro atoms. The van der Waals surface area contributed by atoms with Gasteiger partial charge >= 0.3 is 6.09 Å². The van der Waals surface area contributed by atoms with Crippen molar-refractivity contribution in [2.45, 2.75) is 45.8 Å². The van der Waals surface area contributed by atoms with Crippen molar-refractivity contribution in [1.29, 1.82) is 0 Å². The molecule has 0 bridgehead atoms. The first kappa shape index (κ1) is 16.2. The molecule has 2 N–H and O–H groups in total. The molecule has 0 radical (unpaired) electrons. The van der Waals surface area contributed by atoms with Crippen molar-refractivity contribution in [2.24, 2.45) is 0 Å². The SMILES string of the molecule is CC[C@H](NC(=O)OC(C)(C)C)c1c[nH]c2ccc(OC)cc12. The maximum absolute atomic E-state index is 12.0. The molecule has 1 aromatic heterocycles. The van der Waals surface area contributed by atoms with Gasteiger partial charge in [0.2, 0.25) is 0 Å². The van der Waals surface area contributed by atoms with Gasteiger partial charge in [0.15, 0.2) is 0 Å². The van der Waals surface area contributed by atoms with Crippen molar-refractivity contribution in [3.8, 4) is 5.75 Å². The monoisotopic (exact) mass is 304 g/mol. The summed E-state index contributed by atoms with van der Waals surface area (Å²) in [6.07, 6.45) is 2.29. The van der Waals surface area contributed by atoms with Gasteiger partial charge in [-0.25, -0.2) is 4.79 Å². The van der Waals surface area contributed by atoms with Gasteiger partial charge in [-0.15, -0.1) is 0 Å². The first-order valence-corrected chi connectivity index (χ1v) is 7.48. The van der Waals surface area contributed by atoms with Gasteiger partial charge in [0, 0.05) is 17.1 Å². The number of hydrogen-bond acceptors (Lipinski definition) is 3. The molecule has 1 atom stereocenters. The molecule has 5 nitrogen and oxygen atoms in total. The third kappa shape index (κ3) is 3.72. The number of carbonyl (C=O) groups excluding carboxylic acids is 1. The van der Waals surface area contributed by atoms with Gasteiger partial charge < -0.3 is 19.8 Å². The highest BCUT2D eigenvalue weighted by Gasteiger charge is 2.21. The molecule has 120 valence electrons. The van der Waals surface area contributed by atoms with E-state index in [4.69, 9.17) is 9.47 Å². The number of aromatic amines is 1. The molecule has 0 saturated heterocycles. The summed E-state index contributed by atoms with van der Waals surface area (Å²) in [6.45, 7) is 7.58. The van der Waals surface area contributed by atoms with Crippen LogP contribution in [0.4, 0.5) is 4.79 Å². The van der Waals surface area contributed by atoms with Crippen molar-refractivity contribution in [3.05, 3.63) is 30.0 Å². The number of fused-ring (bicyclic) bond motifs is 1. The maximum Gasteiger partial charge on any atom is 0.408 e. The van der Waals surface area contributed by atoms with Crippen LogP contribution in [0.3, 0.4) is 0 Å². The van der Waals surface area contributed by atoms with E-state index < -0.39 is 11.7 Å². The molecule has 1 heterocycles. The number of alkyl carbamates (subject to hydrolysis) is 1. The molecule has 2 rings (SSSR count). The fourth-order valence-electron chi connectivity index (χ4n) is 2.39. The lowest BCUT2D eigenvalue weighted by Crippen LogP contribution is -2.34. The van der Waals surface area contributed by atoms with Gasteiger partial charge in [-0.3, -0.25) is 0 Å². The van der Waals surface area contributed by atoms with E-state index in [0.717, 1.165) is 28.6 Å². The zero-order valence-electron chi connectivity index (χ0n) is 13.8. The Kier molecular flexibility index (Phi) is 4.64. The molecule has 0 aliphatic carbocycles. The predicted molar refractivity (Wildman–Crippen MR) is 87.3 cm³/mol. The van der Waals surface area contributed by atoms with E-state index >= 15 is 0 Å². The molecular formula is C17H24N2O3. The highest BCUT2D eigenvalue weighted by atomic mass is 16.6. The van der Waals surface area contributed by atoms with Crippen LogP contribution < -0.4 is 10.1 Å². The third-order valence-corrected chi connectivity index (χ3v) is 3.40. The van der Waals surface area contributed by atoms with Crippen LogP contribution in [-0.4, -0.2) is 23.8 Å². The Bertz CT molecular complexity index is 655. The highest BCUT2D eigenvalue weighted by molar-refractivity contribution is 5.85. The number of aromatic nitrogens is 1. The smallest absolute Gasteiger partial charge is 0.408 e. The van der Waals surface area contributed by atoms with Crippen molar-refractivity contribution in [2.75, 3.05) is 7.11 Å². The number of H-pyrrole nitrogens is 1. The number of benzene rings is 1. The molecule has 1 aromatic carbocycles. The Morgan fingerprint density at radius 2 is 2.09 bits per heavy atom. The highest BCUT2D eigenvalue weighted by Crippen LogP contribution is 2.29. The Morgan fingerprint density at radius 1 is 1.36 bits per heavy atom. The molecule has 0 aliphatic heterocycles. The summed E-state index contributed by atoms with van der Waals surface area (Å²) >= 11 is 0. The third-order valence-electron chi connectivity index (χ3n) is 3.40. The number of ether oxygens (including phenoxy) is 2. The van der Waals surface area contributed by atoms with Gasteiger partial charge in [0.25, 0.3) is 0 Å². The van der Waals surface area contributed by atoms with Crippen LogP contribution in [0.1, 0.15) is 45.7 Å². The van der Waals surface area contributed by atoms with Crippen LogP contribution in [-0.2, 0) is 4.74 Å². The van der Waals surface area contributed by atoms with Gasteiger partial charge in [-0.1, -0.05) is 6.92 Å². The van der Waals surface area contributed by atoms with Gasteiger partial charge in [0.1, 0.15) is 11.4 Å². The lowest BCUT2D eigenvalue weighted by molar-refractivity contribution is 0.0502. The quantitative estimate of drug-likeness (QED) is 0.891. The topological polar surface area (TPSA) is 63.3 Å². The summed E-state index contributed by atoms with van der Waals surface area (Å²) < 4.78 is 10.6. The number of amides is 1. The Balaban J connectivity index is 2.25. The molecule has 0 unspecified atom stereocenters. The van der Waals surface area contributed by atoms with Crippen LogP contribution in [0.2, 0.25) is 0 Å². The molecule has 1 amide bonds. The maximum atomic E-state index is 12.0. The van der Waals surface area contributed by atoms with Crippen molar-refractivity contribution >= 4 is 17.0 Å². The number of hydrogen-bond donors (Lipinski definition) is 2. The average Bonchev–Trinajstić information content (AvgIpc) is 2.85. The zero-order valence-corrected chi connectivity index (χ0v) is 13.8. The minimum absolute atomic E-state index is 0.115. The van der Waals surface area contributed by atoms with Crippen molar-refractivity contribution in [1.82, 2.24) is 10.3 Å².